The Morgan fingerprint density at radius 2 is 2.05 bits per heavy atom. The normalized spacial score (nSPS) is 28.2. The molecule has 21 heavy (non-hydrogen) atoms. The summed E-state index contributed by atoms with van der Waals surface area (Å²) in [4.78, 5) is 13.6. The molecule has 0 aromatic heterocycles. The second kappa shape index (κ2) is 5.42. The minimum atomic E-state index is -3.19. The molecule has 0 aliphatic carbocycles. The van der Waals surface area contributed by atoms with E-state index < -0.39 is 15.8 Å². The quantitative estimate of drug-likeness (QED) is 0.922. The molecule has 0 amide bonds. The summed E-state index contributed by atoms with van der Waals surface area (Å²) in [7, 11) is -3.19. The Balaban J connectivity index is 1.95. The molecule has 1 N–H and O–H groups in total. The van der Waals surface area contributed by atoms with Gasteiger partial charge in [0.2, 0.25) is 0 Å². The van der Waals surface area contributed by atoms with E-state index in [1.54, 1.807) is 12.1 Å². The van der Waals surface area contributed by atoms with Crippen molar-refractivity contribution in [1.82, 2.24) is 4.90 Å². The highest BCUT2D eigenvalue weighted by atomic mass is 32.2. The van der Waals surface area contributed by atoms with Crippen LogP contribution in [0, 0.1) is 0 Å². The van der Waals surface area contributed by atoms with Crippen LogP contribution in [0.2, 0.25) is 0 Å². The molecule has 2 unspecified atom stereocenters. The maximum atomic E-state index is 12.2. The minimum Gasteiger partial charge on any atom is -0.481 e. The summed E-state index contributed by atoms with van der Waals surface area (Å²) in [5.41, 5.74) is 0.834. The first-order valence-electron chi connectivity index (χ1n) is 7.28. The Morgan fingerprint density at radius 3 is 2.81 bits per heavy atom. The number of sulfone groups is 1. The predicted octanol–water partition coefficient (Wildman–Crippen LogP) is 1.84. The summed E-state index contributed by atoms with van der Waals surface area (Å²) in [6.07, 6.45) is 2.53. The number of benzene rings is 1. The first-order valence-corrected chi connectivity index (χ1v) is 8.93. The third-order valence-electron chi connectivity index (χ3n) is 4.51. The number of carboxylic acids is 1. The van der Waals surface area contributed by atoms with E-state index in [0.29, 0.717) is 11.3 Å². The monoisotopic (exact) mass is 309 g/mol. The highest BCUT2D eigenvalue weighted by Crippen LogP contribution is 2.39. The number of fused-ring (bicyclic) bond motifs is 1. The number of carbonyl (C=O) groups is 1. The van der Waals surface area contributed by atoms with Gasteiger partial charge in [-0.1, -0.05) is 18.2 Å². The minimum absolute atomic E-state index is 0.0151. The fraction of sp³-hybridized carbons (Fsp3) is 0.533. The van der Waals surface area contributed by atoms with Gasteiger partial charge in [0.05, 0.1) is 17.1 Å². The lowest BCUT2D eigenvalue weighted by molar-refractivity contribution is -0.138. The molecule has 0 saturated carbocycles. The number of hydrogen-bond acceptors (Lipinski definition) is 4. The van der Waals surface area contributed by atoms with Crippen molar-refractivity contribution < 1.29 is 18.3 Å². The SMILES string of the molecule is O=C(O)CC1CCCN1C1CCS(=O)(=O)c2ccccc21. The zero-order valence-corrected chi connectivity index (χ0v) is 12.6. The van der Waals surface area contributed by atoms with Crippen molar-refractivity contribution in [3.05, 3.63) is 29.8 Å². The molecule has 6 heteroatoms. The average Bonchev–Trinajstić information content (AvgIpc) is 2.86. The summed E-state index contributed by atoms with van der Waals surface area (Å²) in [5, 5.41) is 9.05. The Hall–Kier alpha value is -1.40. The van der Waals surface area contributed by atoms with Gasteiger partial charge in [0.1, 0.15) is 0 Å². The van der Waals surface area contributed by atoms with Crippen LogP contribution in [0.15, 0.2) is 29.2 Å². The van der Waals surface area contributed by atoms with Crippen molar-refractivity contribution in [3.63, 3.8) is 0 Å². The Kier molecular flexibility index (Phi) is 3.75. The fourth-order valence-electron chi connectivity index (χ4n) is 3.60. The van der Waals surface area contributed by atoms with Gasteiger partial charge in [0.15, 0.2) is 9.84 Å². The van der Waals surface area contributed by atoms with Crippen LogP contribution in [-0.2, 0) is 14.6 Å². The van der Waals surface area contributed by atoms with E-state index in [1.807, 2.05) is 12.1 Å². The van der Waals surface area contributed by atoms with Gasteiger partial charge in [-0.3, -0.25) is 9.69 Å². The zero-order valence-electron chi connectivity index (χ0n) is 11.7. The Morgan fingerprint density at radius 1 is 1.29 bits per heavy atom. The maximum absolute atomic E-state index is 12.2. The first kappa shape index (κ1) is 14.5. The van der Waals surface area contributed by atoms with Crippen LogP contribution in [0.25, 0.3) is 0 Å². The summed E-state index contributed by atoms with van der Waals surface area (Å²) in [6, 6.07) is 7.18. The predicted molar refractivity (Wildman–Crippen MR) is 77.8 cm³/mol. The van der Waals surface area contributed by atoms with Gasteiger partial charge in [-0.05, 0) is 37.4 Å². The molecule has 1 saturated heterocycles. The summed E-state index contributed by atoms with van der Waals surface area (Å²) in [5.74, 6) is -0.644. The molecule has 1 aromatic rings. The van der Waals surface area contributed by atoms with E-state index in [1.165, 1.54) is 0 Å². The maximum Gasteiger partial charge on any atom is 0.304 e. The van der Waals surface area contributed by atoms with Crippen molar-refractivity contribution in [2.75, 3.05) is 12.3 Å². The third kappa shape index (κ3) is 2.70. The van der Waals surface area contributed by atoms with Crippen LogP contribution in [0.4, 0.5) is 0 Å². The molecule has 2 atom stereocenters. The molecule has 5 nitrogen and oxygen atoms in total. The van der Waals surface area contributed by atoms with Gasteiger partial charge < -0.3 is 5.11 Å². The zero-order chi connectivity index (χ0) is 15.0. The Labute approximate surface area is 124 Å². The lowest BCUT2D eigenvalue weighted by Gasteiger charge is -2.36. The molecule has 2 aliphatic heterocycles. The summed E-state index contributed by atoms with van der Waals surface area (Å²) in [6.45, 7) is 0.844. The van der Waals surface area contributed by atoms with Crippen molar-refractivity contribution in [3.8, 4) is 0 Å². The van der Waals surface area contributed by atoms with Crippen molar-refractivity contribution in [2.24, 2.45) is 0 Å². The molecule has 1 aromatic carbocycles. The molecule has 2 aliphatic rings. The lowest BCUT2D eigenvalue weighted by Crippen LogP contribution is -2.38. The highest BCUT2D eigenvalue weighted by Gasteiger charge is 2.38. The van der Waals surface area contributed by atoms with E-state index in [9.17, 15) is 13.2 Å². The third-order valence-corrected chi connectivity index (χ3v) is 6.32. The van der Waals surface area contributed by atoms with E-state index in [4.69, 9.17) is 5.11 Å². The van der Waals surface area contributed by atoms with Crippen LogP contribution < -0.4 is 0 Å². The standard InChI is InChI=1S/C15H19NO4S/c17-15(18)10-11-4-3-8-16(11)13-7-9-21(19,20)14-6-2-1-5-12(13)14/h1-2,5-6,11,13H,3-4,7-10H2,(H,17,18). The molecule has 114 valence electrons. The van der Waals surface area contributed by atoms with Crippen molar-refractivity contribution >= 4 is 15.8 Å². The summed E-state index contributed by atoms with van der Waals surface area (Å²) >= 11 is 0. The molecule has 0 bridgehead atoms. The summed E-state index contributed by atoms with van der Waals surface area (Å²) < 4.78 is 24.4. The van der Waals surface area contributed by atoms with Crippen LogP contribution in [0.1, 0.15) is 37.3 Å². The number of carboxylic acid groups (broad SMARTS) is 1. The van der Waals surface area contributed by atoms with Crippen LogP contribution in [0.3, 0.4) is 0 Å². The van der Waals surface area contributed by atoms with E-state index >= 15 is 0 Å². The molecule has 3 rings (SSSR count). The van der Waals surface area contributed by atoms with Crippen LogP contribution >= 0.6 is 0 Å². The van der Waals surface area contributed by atoms with E-state index in [0.717, 1.165) is 24.9 Å². The van der Waals surface area contributed by atoms with E-state index in [2.05, 4.69) is 4.90 Å². The molecule has 0 radical (unpaired) electrons. The van der Waals surface area contributed by atoms with Crippen molar-refractivity contribution in [1.29, 1.82) is 0 Å². The largest absolute Gasteiger partial charge is 0.481 e. The van der Waals surface area contributed by atoms with Crippen LogP contribution in [0.5, 0.6) is 0 Å². The second-order valence-electron chi connectivity index (χ2n) is 5.79. The first-order chi connectivity index (χ1) is 9.99. The Bertz CT molecular complexity index is 655. The molecular weight excluding hydrogens is 290 g/mol. The van der Waals surface area contributed by atoms with Gasteiger partial charge in [0, 0.05) is 12.1 Å². The fourth-order valence-corrected chi connectivity index (χ4v) is 5.21. The van der Waals surface area contributed by atoms with Crippen molar-refractivity contribution in [2.45, 2.75) is 42.7 Å². The average molecular weight is 309 g/mol. The van der Waals surface area contributed by atoms with Gasteiger partial charge in [0.25, 0.3) is 0 Å². The highest BCUT2D eigenvalue weighted by molar-refractivity contribution is 7.91. The number of likely N-dealkylation sites (tertiary alicyclic amines) is 1. The van der Waals surface area contributed by atoms with Gasteiger partial charge in [-0.15, -0.1) is 0 Å². The van der Waals surface area contributed by atoms with Crippen LogP contribution in [-0.4, -0.2) is 42.7 Å². The second-order valence-corrected chi connectivity index (χ2v) is 7.87. The number of aliphatic carboxylic acids is 1. The smallest absolute Gasteiger partial charge is 0.304 e. The van der Waals surface area contributed by atoms with E-state index in [-0.39, 0.29) is 24.3 Å². The molecular formula is C15H19NO4S. The van der Waals surface area contributed by atoms with Gasteiger partial charge >= 0.3 is 5.97 Å². The lowest BCUT2D eigenvalue weighted by atomic mass is 10.0. The van der Waals surface area contributed by atoms with Gasteiger partial charge in [-0.2, -0.15) is 0 Å². The molecule has 0 spiro atoms. The number of rotatable bonds is 3. The molecule has 1 fully saturated rings. The number of nitrogens with zero attached hydrogens (tertiary/aromatic N) is 1. The topological polar surface area (TPSA) is 74.7 Å². The van der Waals surface area contributed by atoms with Gasteiger partial charge in [-0.25, -0.2) is 8.42 Å². The molecule has 2 heterocycles. The number of hydrogen-bond donors (Lipinski definition) is 1.